The summed E-state index contributed by atoms with van der Waals surface area (Å²) < 4.78 is 14.6. The molecule has 0 spiro atoms. The molecule has 1 atom stereocenters. The van der Waals surface area contributed by atoms with Crippen molar-refractivity contribution in [2.75, 3.05) is 34.0 Å². The van der Waals surface area contributed by atoms with Gasteiger partial charge in [-0.05, 0) is 6.42 Å². The number of ether oxygens (including phenoxy) is 3. The average molecular weight is 289 g/mol. The second-order valence-electron chi connectivity index (χ2n) is 4.54. The molecule has 0 fully saturated rings. The Bertz CT molecular complexity index is 270. The summed E-state index contributed by atoms with van der Waals surface area (Å²) in [5, 5.41) is 2.64. The van der Waals surface area contributed by atoms with E-state index in [1.807, 2.05) is 0 Å². The van der Waals surface area contributed by atoms with E-state index in [0.717, 1.165) is 25.7 Å². The summed E-state index contributed by atoms with van der Waals surface area (Å²) in [7, 11) is 2.88. The van der Waals surface area contributed by atoms with E-state index >= 15 is 0 Å². The van der Waals surface area contributed by atoms with Crippen LogP contribution in [-0.4, -0.2) is 52.0 Å². The summed E-state index contributed by atoms with van der Waals surface area (Å²) in [6.45, 7) is 2.83. The fourth-order valence-electron chi connectivity index (χ4n) is 1.71. The fourth-order valence-corrected chi connectivity index (χ4v) is 1.71. The zero-order chi connectivity index (χ0) is 15.2. The van der Waals surface area contributed by atoms with Gasteiger partial charge in [-0.3, -0.25) is 4.79 Å². The predicted octanol–water partition coefficient (Wildman–Crippen LogP) is 1.28. The molecule has 0 bridgehead atoms. The Labute approximate surface area is 121 Å². The zero-order valence-electron chi connectivity index (χ0n) is 12.8. The zero-order valence-corrected chi connectivity index (χ0v) is 12.8. The number of methoxy groups -OCH3 is 2. The molecule has 0 heterocycles. The van der Waals surface area contributed by atoms with Gasteiger partial charge < -0.3 is 19.5 Å². The number of esters is 1. The van der Waals surface area contributed by atoms with Crippen LogP contribution < -0.4 is 5.32 Å². The maximum Gasteiger partial charge on any atom is 0.328 e. The Morgan fingerprint density at radius 2 is 1.85 bits per heavy atom. The van der Waals surface area contributed by atoms with Gasteiger partial charge in [-0.1, -0.05) is 32.6 Å². The Morgan fingerprint density at radius 3 is 2.45 bits per heavy atom. The molecule has 0 saturated carbocycles. The Balaban J connectivity index is 4.01. The first-order chi connectivity index (χ1) is 9.65. The second-order valence-corrected chi connectivity index (χ2v) is 4.54. The predicted molar refractivity (Wildman–Crippen MR) is 75.4 cm³/mol. The Hall–Kier alpha value is -1.14. The molecular weight excluding hydrogens is 262 g/mol. The summed E-state index contributed by atoms with van der Waals surface area (Å²) in [6, 6.07) is -0.588. The van der Waals surface area contributed by atoms with E-state index in [1.165, 1.54) is 7.11 Å². The highest BCUT2D eigenvalue weighted by Gasteiger charge is 2.20. The first-order valence-electron chi connectivity index (χ1n) is 7.09. The van der Waals surface area contributed by atoms with Gasteiger partial charge in [0.1, 0.15) is 12.6 Å². The van der Waals surface area contributed by atoms with E-state index in [0.29, 0.717) is 19.6 Å². The molecule has 0 aromatic heterocycles. The van der Waals surface area contributed by atoms with E-state index in [9.17, 15) is 9.59 Å². The van der Waals surface area contributed by atoms with Crippen molar-refractivity contribution < 1.29 is 23.8 Å². The van der Waals surface area contributed by atoms with Crippen LogP contribution in [0.1, 0.15) is 39.0 Å². The molecule has 0 radical (unpaired) electrons. The van der Waals surface area contributed by atoms with Crippen LogP contribution in [0.5, 0.6) is 0 Å². The third-order valence-electron chi connectivity index (χ3n) is 2.83. The first-order valence-corrected chi connectivity index (χ1v) is 7.09. The third kappa shape index (κ3) is 9.75. The molecule has 6 heteroatoms. The van der Waals surface area contributed by atoms with Crippen LogP contribution in [0, 0.1) is 0 Å². The van der Waals surface area contributed by atoms with Crippen molar-refractivity contribution in [3.63, 3.8) is 0 Å². The largest absolute Gasteiger partial charge is 0.467 e. The molecule has 0 unspecified atom stereocenters. The molecule has 1 amide bonds. The molecular formula is C14H27NO5. The number of carbonyl (C=O) groups excluding carboxylic acids is 2. The summed E-state index contributed by atoms with van der Waals surface area (Å²) in [4.78, 5) is 23.2. The highest BCUT2D eigenvalue weighted by Crippen LogP contribution is 2.06. The number of unbranched alkanes of at least 4 members (excludes halogenated alkanes) is 3. The maximum absolute atomic E-state index is 11.6. The lowest BCUT2D eigenvalue weighted by Crippen LogP contribution is -2.43. The fraction of sp³-hybridized carbons (Fsp3) is 0.857. The minimum Gasteiger partial charge on any atom is -0.467 e. The Morgan fingerprint density at radius 1 is 1.10 bits per heavy atom. The highest BCUT2D eigenvalue weighted by atomic mass is 16.5. The number of amides is 1. The maximum atomic E-state index is 11.6. The standard InChI is InChI=1S/C14H27NO5/c1-4-5-6-7-8-12(14(17)19-3)15-13(16)11-20-10-9-18-2/h12H,4-11H2,1-3H3,(H,15,16)/t12-/m0/s1. The van der Waals surface area contributed by atoms with Gasteiger partial charge in [-0.25, -0.2) is 4.79 Å². The number of nitrogens with one attached hydrogen (secondary N) is 1. The summed E-state index contributed by atoms with van der Waals surface area (Å²) in [5.74, 6) is -0.723. The molecule has 0 aromatic carbocycles. The van der Waals surface area contributed by atoms with Crippen molar-refractivity contribution >= 4 is 11.9 Å². The van der Waals surface area contributed by atoms with Gasteiger partial charge in [0.25, 0.3) is 0 Å². The normalized spacial score (nSPS) is 11.9. The van der Waals surface area contributed by atoms with Crippen LogP contribution in [-0.2, 0) is 23.8 Å². The first kappa shape index (κ1) is 18.9. The minimum absolute atomic E-state index is 0.0776. The van der Waals surface area contributed by atoms with Gasteiger partial charge in [0, 0.05) is 7.11 Å². The summed E-state index contributed by atoms with van der Waals surface area (Å²) in [6.07, 6.45) is 4.78. The van der Waals surface area contributed by atoms with E-state index in [1.54, 1.807) is 7.11 Å². The summed E-state index contributed by atoms with van der Waals surface area (Å²) in [5.41, 5.74) is 0. The van der Waals surface area contributed by atoms with E-state index in [2.05, 4.69) is 12.2 Å². The Kier molecular flexibility index (Phi) is 12.1. The quantitative estimate of drug-likeness (QED) is 0.433. The topological polar surface area (TPSA) is 73.9 Å². The number of carbonyl (C=O) groups is 2. The second kappa shape index (κ2) is 12.9. The highest BCUT2D eigenvalue weighted by molar-refractivity contribution is 5.84. The monoisotopic (exact) mass is 289 g/mol. The van der Waals surface area contributed by atoms with Crippen LogP contribution in [0.15, 0.2) is 0 Å². The SMILES string of the molecule is CCCCCC[C@H](NC(=O)COCCOC)C(=O)OC. The van der Waals surface area contributed by atoms with E-state index < -0.39 is 12.0 Å². The van der Waals surface area contributed by atoms with Gasteiger partial charge in [0.2, 0.25) is 5.91 Å². The lowest BCUT2D eigenvalue weighted by Gasteiger charge is -2.16. The van der Waals surface area contributed by atoms with Gasteiger partial charge in [0.15, 0.2) is 0 Å². The molecule has 118 valence electrons. The van der Waals surface area contributed by atoms with Gasteiger partial charge in [-0.15, -0.1) is 0 Å². The van der Waals surface area contributed by atoms with Crippen molar-refractivity contribution in [2.24, 2.45) is 0 Å². The number of hydrogen-bond acceptors (Lipinski definition) is 5. The van der Waals surface area contributed by atoms with E-state index in [4.69, 9.17) is 14.2 Å². The summed E-state index contributed by atoms with van der Waals surface area (Å²) >= 11 is 0. The number of rotatable bonds is 12. The van der Waals surface area contributed by atoms with Gasteiger partial charge in [0.05, 0.1) is 20.3 Å². The molecule has 1 N–H and O–H groups in total. The average Bonchev–Trinajstić information content (AvgIpc) is 2.46. The molecule has 0 saturated heterocycles. The van der Waals surface area contributed by atoms with Crippen LogP contribution in [0.3, 0.4) is 0 Å². The van der Waals surface area contributed by atoms with Crippen LogP contribution in [0.4, 0.5) is 0 Å². The molecule has 0 aliphatic rings. The number of hydrogen-bond donors (Lipinski definition) is 1. The smallest absolute Gasteiger partial charge is 0.328 e. The lowest BCUT2D eigenvalue weighted by atomic mass is 10.1. The molecule has 0 rings (SSSR count). The van der Waals surface area contributed by atoms with Crippen molar-refractivity contribution in [1.29, 1.82) is 0 Å². The van der Waals surface area contributed by atoms with Gasteiger partial charge in [-0.2, -0.15) is 0 Å². The molecule has 0 aliphatic carbocycles. The minimum atomic E-state index is -0.588. The van der Waals surface area contributed by atoms with Crippen molar-refractivity contribution in [2.45, 2.75) is 45.1 Å². The van der Waals surface area contributed by atoms with Gasteiger partial charge >= 0.3 is 5.97 Å². The van der Waals surface area contributed by atoms with Crippen LogP contribution in [0.25, 0.3) is 0 Å². The van der Waals surface area contributed by atoms with Crippen molar-refractivity contribution in [3.05, 3.63) is 0 Å². The van der Waals surface area contributed by atoms with Crippen molar-refractivity contribution in [1.82, 2.24) is 5.32 Å². The lowest BCUT2D eigenvalue weighted by molar-refractivity contribution is -0.146. The van der Waals surface area contributed by atoms with Crippen LogP contribution in [0.2, 0.25) is 0 Å². The van der Waals surface area contributed by atoms with Crippen LogP contribution >= 0.6 is 0 Å². The molecule has 0 aliphatic heterocycles. The molecule has 20 heavy (non-hydrogen) atoms. The van der Waals surface area contributed by atoms with Crippen molar-refractivity contribution in [3.8, 4) is 0 Å². The van der Waals surface area contributed by atoms with E-state index in [-0.39, 0.29) is 12.5 Å². The third-order valence-corrected chi connectivity index (χ3v) is 2.83. The molecule has 6 nitrogen and oxygen atoms in total. The molecule has 0 aromatic rings.